The largest absolute Gasteiger partial charge is 0.463 e. The normalized spacial score (nSPS) is 30.0. The van der Waals surface area contributed by atoms with E-state index < -0.39 is 66.5 Å². The molecule has 2 saturated heterocycles. The van der Waals surface area contributed by atoms with Gasteiger partial charge in [0, 0.05) is 59.7 Å². The molecule has 1 aromatic rings. The molecule has 0 aromatic heterocycles. The van der Waals surface area contributed by atoms with Crippen molar-refractivity contribution < 1.29 is 61.9 Å². The molecule has 0 unspecified atom stereocenters. The number of nitrogens with zero attached hydrogens (tertiary/aromatic N) is 1. The van der Waals surface area contributed by atoms with E-state index in [2.05, 4.69) is 0 Å². The van der Waals surface area contributed by atoms with E-state index in [9.17, 15) is 24.0 Å². The van der Waals surface area contributed by atoms with Crippen molar-refractivity contribution in [2.45, 2.75) is 89.3 Å². The van der Waals surface area contributed by atoms with E-state index in [1.165, 1.54) is 27.9 Å². The summed E-state index contributed by atoms with van der Waals surface area (Å²) in [5.41, 5.74) is 1.49. The van der Waals surface area contributed by atoms with Crippen molar-refractivity contribution in [1.82, 2.24) is 4.90 Å². The Kier molecular flexibility index (Phi) is 9.18. The maximum Gasteiger partial charge on any atom is 0.303 e. The number of fused-ring (bicyclic) bond motifs is 6. The summed E-state index contributed by atoms with van der Waals surface area (Å²) >= 11 is 0. The predicted molar refractivity (Wildman–Crippen MR) is 142 cm³/mol. The Hall–Kier alpha value is -3.75. The Morgan fingerprint density at radius 3 is 2.37 bits per heavy atom. The van der Waals surface area contributed by atoms with E-state index in [1.807, 2.05) is 0 Å². The third-order valence-corrected chi connectivity index (χ3v) is 7.90. The molecule has 0 N–H and O–H groups in total. The van der Waals surface area contributed by atoms with E-state index in [1.54, 1.807) is 17.0 Å². The Bertz CT molecular complexity index is 1280. The van der Waals surface area contributed by atoms with Gasteiger partial charge >= 0.3 is 17.9 Å². The van der Waals surface area contributed by atoms with Crippen molar-refractivity contribution in [2.24, 2.45) is 0 Å². The smallest absolute Gasteiger partial charge is 0.303 e. The maximum absolute atomic E-state index is 14.0. The number of rotatable bonds is 7. The van der Waals surface area contributed by atoms with Gasteiger partial charge in [-0.05, 0) is 29.7 Å². The van der Waals surface area contributed by atoms with Gasteiger partial charge in [0.2, 0.25) is 12.9 Å². The van der Waals surface area contributed by atoms with Crippen LogP contribution in [0.25, 0.3) is 0 Å². The second-order valence-electron chi connectivity index (χ2n) is 10.9. The van der Waals surface area contributed by atoms with Crippen LogP contribution in [0.15, 0.2) is 12.1 Å². The first-order valence-electron chi connectivity index (χ1n) is 14.1. The lowest BCUT2D eigenvalue weighted by Crippen LogP contribution is -2.55. The Labute approximate surface area is 247 Å². The summed E-state index contributed by atoms with van der Waals surface area (Å²) in [4.78, 5) is 65.0. The molecule has 5 rings (SSSR count). The molecular weight excluding hydrogens is 570 g/mol. The van der Waals surface area contributed by atoms with Crippen LogP contribution in [0.4, 0.5) is 0 Å². The first-order chi connectivity index (χ1) is 20.5. The van der Waals surface area contributed by atoms with Crippen LogP contribution in [0.5, 0.6) is 11.5 Å². The maximum atomic E-state index is 14.0. The van der Waals surface area contributed by atoms with Crippen molar-refractivity contribution in [2.75, 3.05) is 27.1 Å². The van der Waals surface area contributed by atoms with Crippen LogP contribution in [-0.4, -0.2) is 98.4 Å². The van der Waals surface area contributed by atoms with Crippen LogP contribution < -0.4 is 9.47 Å². The molecule has 7 atom stereocenters. The minimum atomic E-state index is -1.45. The van der Waals surface area contributed by atoms with Crippen LogP contribution >= 0.6 is 0 Å². The average Bonchev–Trinajstić information content (AvgIpc) is 3.33. The Morgan fingerprint density at radius 2 is 1.70 bits per heavy atom. The molecule has 0 saturated carbocycles. The molecule has 4 aliphatic rings. The fraction of sp³-hybridized carbons (Fsp3) is 0.621. The van der Waals surface area contributed by atoms with Crippen LogP contribution in [0.3, 0.4) is 0 Å². The van der Waals surface area contributed by atoms with Crippen molar-refractivity contribution in [3.63, 3.8) is 0 Å². The molecule has 4 heterocycles. The molecule has 4 aliphatic heterocycles. The number of esters is 3. The van der Waals surface area contributed by atoms with Crippen LogP contribution in [0.2, 0.25) is 0 Å². The Balaban J connectivity index is 1.45. The third-order valence-electron chi connectivity index (χ3n) is 7.90. The second kappa shape index (κ2) is 12.9. The number of methoxy groups -OCH3 is 1. The number of ether oxygens (including phenoxy) is 8. The molecule has 14 heteroatoms. The minimum Gasteiger partial charge on any atom is -0.463 e. The van der Waals surface area contributed by atoms with E-state index in [0.717, 1.165) is 11.1 Å². The number of carbonyl (C=O) groups is 5. The van der Waals surface area contributed by atoms with Crippen molar-refractivity contribution >= 4 is 29.6 Å². The fourth-order valence-corrected chi connectivity index (χ4v) is 6.00. The molecule has 0 spiro atoms. The standard InChI is InChI=1S/C29H35NO13/c1-14(31)37-12-25-27(40-15(2)32)23(36-4)10-26(43-25)42-24-9-20(34)18-5-6-30(29(35)28(24)41-16(3)33)11-17-7-21-22(8-19(17)18)39-13-38-21/h7-8,18,23-28H,5-6,9-13H2,1-4H3/t18-,23-,24-,25-,26-,27+,28+/m1/s1. The summed E-state index contributed by atoms with van der Waals surface area (Å²) in [7, 11) is 1.42. The second-order valence-corrected chi connectivity index (χ2v) is 10.9. The number of benzene rings is 1. The highest BCUT2D eigenvalue weighted by Crippen LogP contribution is 2.42. The van der Waals surface area contributed by atoms with Crippen molar-refractivity contribution in [3.05, 3.63) is 23.3 Å². The molecule has 0 radical (unpaired) electrons. The topological polar surface area (TPSA) is 162 Å². The summed E-state index contributed by atoms with van der Waals surface area (Å²) in [6.45, 7) is 3.83. The van der Waals surface area contributed by atoms with Gasteiger partial charge in [0.15, 0.2) is 23.9 Å². The SMILES string of the molecule is CO[C@@H]1C[C@H](O[C@@H]2CC(=O)[C@@H]3CCN(Cc4cc5c(cc43)OCO5)C(=O)[C@H]2OC(C)=O)O[C@H](COC(C)=O)[C@H]1OC(C)=O. The van der Waals surface area contributed by atoms with Crippen LogP contribution in [-0.2, 0) is 58.9 Å². The van der Waals surface area contributed by atoms with Gasteiger partial charge in [-0.25, -0.2) is 0 Å². The van der Waals surface area contributed by atoms with Gasteiger partial charge in [-0.15, -0.1) is 0 Å². The fourth-order valence-electron chi connectivity index (χ4n) is 6.00. The van der Waals surface area contributed by atoms with Crippen molar-refractivity contribution in [3.8, 4) is 11.5 Å². The van der Waals surface area contributed by atoms with E-state index in [0.29, 0.717) is 17.9 Å². The number of hydrogen-bond acceptors (Lipinski definition) is 13. The molecule has 234 valence electrons. The first kappa shape index (κ1) is 30.7. The van der Waals surface area contributed by atoms with Gasteiger partial charge in [-0.3, -0.25) is 24.0 Å². The van der Waals surface area contributed by atoms with Gasteiger partial charge in [0.1, 0.15) is 30.7 Å². The van der Waals surface area contributed by atoms with Gasteiger partial charge in [0.25, 0.3) is 5.91 Å². The lowest BCUT2D eigenvalue weighted by molar-refractivity contribution is -0.283. The average molecular weight is 606 g/mol. The lowest BCUT2D eigenvalue weighted by atomic mass is 9.86. The summed E-state index contributed by atoms with van der Waals surface area (Å²) in [5.74, 6) is -2.14. The number of hydrogen-bond donors (Lipinski definition) is 0. The van der Waals surface area contributed by atoms with Crippen molar-refractivity contribution in [1.29, 1.82) is 0 Å². The highest BCUT2D eigenvalue weighted by atomic mass is 16.7. The molecular formula is C29H35NO13. The number of Topliss-reactive ketones (excluding diaryl/α,β-unsaturated/α-hetero) is 1. The molecule has 1 aromatic carbocycles. The highest BCUT2D eigenvalue weighted by Gasteiger charge is 2.47. The van der Waals surface area contributed by atoms with Gasteiger partial charge in [-0.1, -0.05) is 0 Å². The third kappa shape index (κ3) is 6.76. The summed E-state index contributed by atoms with van der Waals surface area (Å²) in [6.07, 6.45) is -6.28. The monoisotopic (exact) mass is 605 g/mol. The predicted octanol–water partition coefficient (Wildman–Crippen LogP) is 1.15. The first-order valence-corrected chi connectivity index (χ1v) is 14.1. The summed E-state index contributed by atoms with van der Waals surface area (Å²) < 4.78 is 45.0. The molecule has 1 amide bonds. The number of amides is 1. The molecule has 14 nitrogen and oxygen atoms in total. The van der Waals surface area contributed by atoms with Crippen LogP contribution in [0, 0.1) is 0 Å². The zero-order valence-electron chi connectivity index (χ0n) is 24.4. The zero-order chi connectivity index (χ0) is 30.8. The Morgan fingerprint density at radius 1 is 0.977 bits per heavy atom. The van der Waals surface area contributed by atoms with Gasteiger partial charge in [0.05, 0.1) is 0 Å². The van der Waals surface area contributed by atoms with Crippen LogP contribution in [0.1, 0.15) is 57.1 Å². The zero-order valence-corrected chi connectivity index (χ0v) is 24.4. The number of carbonyl (C=O) groups excluding carboxylic acids is 5. The van der Waals surface area contributed by atoms with E-state index in [4.69, 9.17) is 37.9 Å². The van der Waals surface area contributed by atoms with Gasteiger partial charge in [-0.2, -0.15) is 0 Å². The lowest BCUT2D eigenvalue weighted by Gasteiger charge is -2.41. The summed E-state index contributed by atoms with van der Waals surface area (Å²) in [6, 6.07) is 3.57. The van der Waals surface area contributed by atoms with Gasteiger partial charge < -0.3 is 42.8 Å². The molecule has 43 heavy (non-hydrogen) atoms. The molecule has 2 fully saturated rings. The highest BCUT2D eigenvalue weighted by molar-refractivity contribution is 5.91. The minimum absolute atomic E-state index is 0.0378. The molecule has 2 bridgehead atoms. The van der Waals surface area contributed by atoms with E-state index >= 15 is 0 Å². The van der Waals surface area contributed by atoms with E-state index in [-0.39, 0.29) is 45.1 Å². The quantitative estimate of drug-likeness (QED) is 0.322. The number of ketones is 1. The summed E-state index contributed by atoms with van der Waals surface area (Å²) in [5, 5.41) is 0. The molecule has 0 aliphatic carbocycles.